The molecule has 0 spiro atoms. The number of methoxy groups -OCH3 is 1. The van der Waals surface area contributed by atoms with Crippen LogP contribution in [0.4, 0.5) is 0 Å². The Bertz CT molecular complexity index is 330. The van der Waals surface area contributed by atoms with Crippen LogP contribution in [0.5, 0.6) is 0 Å². The normalized spacial score (nSPS) is 27.8. The Hall–Kier alpha value is -0.120. The van der Waals surface area contributed by atoms with E-state index in [2.05, 4.69) is 27.6 Å². The molecule has 2 aliphatic heterocycles. The second-order valence-corrected chi connectivity index (χ2v) is 5.66. The second kappa shape index (κ2) is 9.81. The van der Waals surface area contributed by atoms with Crippen molar-refractivity contribution >= 4 is 29.9 Å². The van der Waals surface area contributed by atoms with E-state index in [0.717, 1.165) is 38.6 Å². The standard InChI is InChI=1S/C14H28N4O2.HI/c1-15-14(16-6-7-18(2)8-9-19-3)17-12-10-11-4-5-13(12)20-11;/h11-13H,4-10H2,1-3H3,(H2,15,16,17);1H. The summed E-state index contributed by atoms with van der Waals surface area (Å²) in [4.78, 5) is 6.53. The predicted molar refractivity (Wildman–Crippen MR) is 95.6 cm³/mol. The van der Waals surface area contributed by atoms with E-state index in [1.807, 2.05) is 7.05 Å². The summed E-state index contributed by atoms with van der Waals surface area (Å²) in [5.41, 5.74) is 0. The molecule has 124 valence electrons. The van der Waals surface area contributed by atoms with E-state index in [4.69, 9.17) is 9.47 Å². The predicted octanol–water partition coefficient (Wildman–Crippen LogP) is 0.668. The molecular formula is C14H29IN4O2. The first kappa shape index (κ1) is 18.9. The molecule has 2 rings (SSSR count). The number of guanidine groups is 1. The van der Waals surface area contributed by atoms with Gasteiger partial charge in [-0.1, -0.05) is 0 Å². The van der Waals surface area contributed by atoms with Crippen molar-refractivity contribution < 1.29 is 9.47 Å². The molecule has 0 radical (unpaired) electrons. The summed E-state index contributed by atoms with van der Waals surface area (Å²) in [5, 5.41) is 6.85. The van der Waals surface area contributed by atoms with Gasteiger partial charge in [0, 0.05) is 33.8 Å². The van der Waals surface area contributed by atoms with Crippen molar-refractivity contribution in [3.63, 3.8) is 0 Å². The highest BCUT2D eigenvalue weighted by Crippen LogP contribution is 2.34. The van der Waals surface area contributed by atoms with Crippen LogP contribution in [0.3, 0.4) is 0 Å². The van der Waals surface area contributed by atoms with Gasteiger partial charge in [0.05, 0.1) is 24.9 Å². The quantitative estimate of drug-likeness (QED) is 0.366. The molecular weight excluding hydrogens is 383 g/mol. The minimum absolute atomic E-state index is 0. The van der Waals surface area contributed by atoms with E-state index in [1.165, 1.54) is 12.8 Å². The van der Waals surface area contributed by atoms with Gasteiger partial charge >= 0.3 is 0 Å². The zero-order valence-electron chi connectivity index (χ0n) is 13.3. The van der Waals surface area contributed by atoms with Crippen LogP contribution in [0.25, 0.3) is 0 Å². The summed E-state index contributed by atoms with van der Waals surface area (Å²) in [7, 11) is 5.65. The Morgan fingerprint density at radius 2 is 2.19 bits per heavy atom. The zero-order valence-corrected chi connectivity index (χ0v) is 15.6. The van der Waals surface area contributed by atoms with Crippen LogP contribution in [0.1, 0.15) is 19.3 Å². The Morgan fingerprint density at radius 1 is 1.38 bits per heavy atom. The van der Waals surface area contributed by atoms with E-state index >= 15 is 0 Å². The van der Waals surface area contributed by atoms with Gasteiger partial charge in [-0.15, -0.1) is 24.0 Å². The first-order valence-electron chi connectivity index (χ1n) is 7.53. The molecule has 0 aromatic rings. The molecule has 0 saturated carbocycles. The summed E-state index contributed by atoms with van der Waals surface area (Å²) in [6.07, 6.45) is 4.36. The third-order valence-corrected chi connectivity index (χ3v) is 4.11. The van der Waals surface area contributed by atoms with E-state index in [-0.39, 0.29) is 24.0 Å². The van der Waals surface area contributed by atoms with Crippen LogP contribution in [0.15, 0.2) is 4.99 Å². The minimum atomic E-state index is 0. The number of aliphatic imine (C=N–C) groups is 1. The summed E-state index contributed by atoms with van der Waals surface area (Å²) in [6, 6.07) is 0.422. The molecule has 21 heavy (non-hydrogen) atoms. The first-order valence-corrected chi connectivity index (χ1v) is 7.53. The van der Waals surface area contributed by atoms with Gasteiger partial charge < -0.3 is 25.0 Å². The lowest BCUT2D eigenvalue weighted by molar-refractivity contribution is 0.0992. The van der Waals surface area contributed by atoms with Crippen LogP contribution in [-0.2, 0) is 9.47 Å². The maximum Gasteiger partial charge on any atom is 0.191 e. The summed E-state index contributed by atoms with van der Waals surface area (Å²) in [5.74, 6) is 0.881. The molecule has 0 aromatic heterocycles. The van der Waals surface area contributed by atoms with E-state index in [0.29, 0.717) is 18.2 Å². The number of hydrogen-bond donors (Lipinski definition) is 2. The zero-order chi connectivity index (χ0) is 14.4. The molecule has 2 saturated heterocycles. The maximum absolute atomic E-state index is 5.85. The van der Waals surface area contributed by atoms with Crippen molar-refractivity contribution in [2.45, 2.75) is 37.5 Å². The van der Waals surface area contributed by atoms with Crippen LogP contribution in [0.2, 0.25) is 0 Å². The van der Waals surface area contributed by atoms with Gasteiger partial charge in [0.2, 0.25) is 0 Å². The van der Waals surface area contributed by atoms with Gasteiger partial charge in [-0.3, -0.25) is 4.99 Å². The maximum atomic E-state index is 5.85. The molecule has 2 N–H and O–H groups in total. The number of halogens is 1. The van der Waals surface area contributed by atoms with Gasteiger partial charge in [-0.2, -0.15) is 0 Å². The summed E-state index contributed by atoms with van der Waals surface area (Å²) in [6.45, 7) is 3.56. The third kappa shape index (κ3) is 5.88. The fourth-order valence-electron chi connectivity index (χ4n) is 2.88. The van der Waals surface area contributed by atoms with E-state index in [9.17, 15) is 0 Å². The molecule has 7 heteroatoms. The van der Waals surface area contributed by atoms with Gasteiger partial charge in [-0.25, -0.2) is 0 Å². The summed E-state index contributed by atoms with van der Waals surface area (Å²) >= 11 is 0. The van der Waals surface area contributed by atoms with Crippen molar-refractivity contribution in [1.29, 1.82) is 0 Å². The molecule has 6 nitrogen and oxygen atoms in total. The monoisotopic (exact) mass is 412 g/mol. The lowest BCUT2D eigenvalue weighted by atomic mass is 9.96. The average molecular weight is 412 g/mol. The molecule has 0 aliphatic carbocycles. The molecule has 2 fully saturated rings. The van der Waals surface area contributed by atoms with Crippen molar-refractivity contribution in [3.05, 3.63) is 0 Å². The smallest absolute Gasteiger partial charge is 0.191 e. The van der Waals surface area contributed by atoms with Gasteiger partial charge in [0.15, 0.2) is 5.96 Å². The SMILES string of the molecule is CN=C(NCCN(C)CCOC)NC1CC2CCC1O2.I. The number of fused-ring (bicyclic) bond motifs is 2. The van der Waals surface area contributed by atoms with E-state index in [1.54, 1.807) is 7.11 Å². The molecule has 0 amide bonds. The minimum Gasteiger partial charge on any atom is -0.383 e. The topological polar surface area (TPSA) is 58.1 Å². The second-order valence-electron chi connectivity index (χ2n) is 5.66. The van der Waals surface area contributed by atoms with Gasteiger partial charge in [0.25, 0.3) is 0 Å². The summed E-state index contributed by atoms with van der Waals surface area (Å²) < 4.78 is 10.9. The number of ether oxygens (including phenoxy) is 2. The Labute approximate surface area is 145 Å². The van der Waals surface area contributed by atoms with Crippen molar-refractivity contribution in [3.8, 4) is 0 Å². The van der Waals surface area contributed by atoms with Crippen LogP contribution in [0, 0.1) is 0 Å². The highest BCUT2D eigenvalue weighted by Gasteiger charge is 2.41. The van der Waals surface area contributed by atoms with Crippen molar-refractivity contribution in [2.24, 2.45) is 4.99 Å². The van der Waals surface area contributed by atoms with Crippen LogP contribution >= 0.6 is 24.0 Å². The molecule has 2 heterocycles. The molecule has 0 aromatic carbocycles. The largest absolute Gasteiger partial charge is 0.383 e. The fourth-order valence-corrected chi connectivity index (χ4v) is 2.88. The van der Waals surface area contributed by atoms with Crippen LogP contribution in [-0.4, -0.2) is 76.6 Å². The van der Waals surface area contributed by atoms with E-state index < -0.39 is 0 Å². The van der Waals surface area contributed by atoms with Gasteiger partial charge in [-0.05, 0) is 26.3 Å². The Balaban J connectivity index is 0.00000220. The number of nitrogens with zero attached hydrogens (tertiary/aromatic N) is 2. The first-order chi connectivity index (χ1) is 9.72. The molecule has 3 atom stereocenters. The number of likely N-dealkylation sites (N-methyl/N-ethyl adjacent to an activating group) is 1. The average Bonchev–Trinajstić information content (AvgIpc) is 3.06. The van der Waals surface area contributed by atoms with Gasteiger partial charge in [0.1, 0.15) is 0 Å². The number of hydrogen-bond acceptors (Lipinski definition) is 4. The Kier molecular flexibility index (Phi) is 8.84. The Morgan fingerprint density at radius 3 is 2.76 bits per heavy atom. The van der Waals surface area contributed by atoms with Crippen molar-refractivity contribution in [2.75, 3.05) is 47.4 Å². The third-order valence-electron chi connectivity index (χ3n) is 4.11. The lowest BCUT2D eigenvalue weighted by Gasteiger charge is -2.23. The van der Waals surface area contributed by atoms with Crippen molar-refractivity contribution in [1.82, 2.24) is 15.5 Å². The highest BCUT2D eigenvalue weighted by molar-refractivity contribution is 14.0. The highest BCUT2D eigenvalue weighted by atomic mass is 127. The number of nitrogens with one attached hydrogen (secondary N) is 2. The molecule has 2 aliphatic rings. The fraction of sp³-hybridized carbons (Fsp3) is 0.929. The molecule has 3 unspecified atom stereocenters. The molecule has 2 bridgehead atoms. The number of rotatable bonds is 7. The lowest BCUT2D eigenvalue weighted by Crippen LogP contribution is -2.48. The van der Waals surface area contributed by atoms with Crippen LogP contribution < -0.4 is 10.6 Å².